The Labute approximate surface area is 139 Å². The molecular formula is C17H19N3O2S. The van der Waals surface area contributed by atoms with Crippen LogP contribution < -0.4 is 10.1 Å². The maximum absolute atomic E-state index is 11.7. The molecular weight excluding hydrogens is 310 g/mol. The van der Waals surface area contributed by atoms with Crippen LogP contribution in [0.2, 0.25) is 0 Å². The van der Waals surface area contributed by atoms with Crippen molar-refractivity contribution in [3.63, 3.8) is 0 Å². The Morgan fingerprint density at radius 2 is 2.22 bits per heavy atom. The second-order valence-electron chi connectivity index (χ2n) is 5.41. The number of carbonyl (C=O) groups is 1. The number of thioether (sulfide) groups is 1. The zero-order valence-electron chi connectivity index (χ0n) is 13.0. The maximum atomic E-state index is 11.7. The summed E-state index contributed by atoms with van der Waals surface area (Å²) in [6.07, 6.45) is 8.41. The molecule has 1 aliphatic rings. The average molecular weight is 329 g/mol. The highest BCUT2D eigenvalue weighted by Crippen LogP contribution is 2.38. The summed E-state index contributed by atoms with van der Waals surface area (Å²) < 4.78 is 6.07. The summed E-state index contributed by atoms with van der Waals surface area (Å²) in [5.41, 5.74) is 3.10. The number of ether oxygens (including phenoxy) is 1. The van der Waals surface area contributed by atoms with Crippen LogP contribution in [-0.4, -0.2) is 40.5 Å². The topological polar surface area (TPSA) is 64.1 Å². The van der Waals surface area contributed by atoms with Crippen LogP contribution in [0.3, 0.4) is 0 Å². The van der Waals surface area contributed by atoms with Gasteiger partial charge in [0.1, 0.15) is 18.2 Å². The number of nitrogens with one attached hydrogen (secondary N) is 1. The number of aromatic nitrogens is 2. The fraction of sp³-hybridized carbons (Fsp3) is 0.353. The minimum Gasteiger partial charge on any atom is -0.487 e. The van der Waals surface area contributed by atoms with Gasteiger partial charge in [0.15, 0.2) is 0 Å². The molecule has 1 N–H and O–H groups in total. The Balaban J connectivity index is 1.66. The van der Waals surface area contributed by atoms with Crippen LogP contribution in [-0.2, 0) is 11.2 Å². The van der Waals surface area contributed by atoms with Crippen molar-refractivity contribution in [3.8, 4) is 16.9 Å². The molecule has 0 saturated carbocycles. The zero-order chi connectivity index (χ0) is 16.1. The third-order valence-corrected chi connectivity index (χ3v) is 4.37. The number of hydrogen-bond acceptors (Lipinski definition) is 5. The number of para-hydroxylation sites is 1. The summed E-state index contributed by atoms with van der Waals surface area (Å²) in [5.74, 6) is 1.80. The van der Waals surface area contributed by atoms with Gasteiger partial charge < -0.3 is 10.1 Å². The lowest BCUT2D eigenvalue weighted by atomic mass is 10.0. The Hall–Kier alpha value is -2.08. The van der Waals surface area contributed by atoms with E-state index in [1.54, 1.807) is 24.2 Å². The number of hydrogen-bond donors (Lipinski definition) is 1. The maximum Gasteiger partial charge on any atom is 0.220 e. The van der Waals surface area contributed by atoms with Gasteiger partial charge in [-0.1, -0.05) is 18.2 Å². The van der Waals surface area contributed by atoms with E-state index in [0.717, 1.165) is 34.6 Å². The van der Waals surface area contributed by atoms with Gasteiger partial charge in [0.25, 0.3) is 0 Å². The van der Waals surface area contributed by atoms with Gasteiger partial charge >= 0.3 is 0 Å². The fourth-order valence-electron chi connectivity index (χ4n) is 2.63. The van der Waals surface area contributed by atoms with Crippen LogP contribution >= 0.6 is 11.8 Å². The number of nitrogens with zero attached hydrogens (tertiary/aromatic N) is 2. The SMILES string of the molecule is CSCCC(=O)NC[C@H]1Cc2cccc(-c3cncnc3)c2O1. The van der Waals surface area contributed by atoms with E-state index in [1.807, 2.05) is 18.4 Å². The molecule has 1 aromatic carbocycles. The molecule has 0 aliphatic carbocycles. The summed E-state index contributed by atoms with van der Waals surface area (Å²) in [6.45, 7) is 0.534. The fourth-order valence-corrected chi connectivity index (χ4v) is 3.02. The first-order valence-electron chi connectivity index (χ1n) is 7.57. The molecule has 0 saturated heterocycles. The summed E-state index contributed by atoms with van der Waals surface area (Å²) >= 11 is 1.67. The van der Waals surface area contributed by atoms with E-state index in [0.29, 0.717) is 13.0 Å². The minimum absolute atomic E-state index is 0.0194. The molecule has 1 amide bonds. The van der Waals surface area contributed by atoms with Crippen molar-refractivity contribution in [3.05, 3.63) is 42.5 Å². The molecule has 3 rings (SSSR count). The van der Waals surface area contributed by atoms with Gasteiger partial charge in [0, 0.05) is 42.1 Å². The van der Waals surface area contributed by atoms with Crippen LogP contribution in [0.25, 0.3) is 11.1 Å². The predicted octanol–water partition coefficient (Wildman–Crippen LogP) is 2.32. The third kappa shape index (κ3) is 3.82. The molecule has 6 heteroatoms. The molecule has 0 spiro atoms. The lowest BCUT2D eigenvalue weighted by Gasteiger charge is -2.13. The van der Waals surface area contributed by atoms with Gasteiger partial charge in [-0.25, -0.2) is 9.97 Å². The average Bonchev–Trinajstić information content (AvgIpc) is 3.02. The van der Waals surface area contributed by atoms with Crippen molar-refractivity contribution in [2.24, 2.45) is 0 Å². The molecule has 2 aromatic rings. The second-order valence-corrected chi connectivity index (χ2v) is 6.40. The molecule has 0 bridgehead atoms. The number of fused-ring (bicyclic) bond motifs is 1. The summed E-state index contributed by atoms with van der Waals surface area (Å²) in [4.78, 5) is 19.9. The Kier molecular flexibility index (Phi) is 5.12. The van der Waals surface area contributed by atoms with E-state index in [-0.39, 0.29) is 12.0 Å². The molecule has 0 radical (unpaired) electrons. The van der Waals surface area contributed by atoms with Crippen LogP contribution in [0, 0.1) is 0 Å². The smallest absolute Gasteiger partial charge is 0.220 e. The van der Waals surface area contributed by atoms with Gasteiger partial charge in [0.05, 0.1) is 6.54 Å². The minimum atomic E-state index is -0.0194. The lowest BCUT2D eigenvalue weighted by Crippen LogP contribution is -2.34. The van der Waals surface area contributed by atoms with E-state index in [4.69, 9.17) is 4.74 Å². The standard InChI is InChI=1S/C17H19N3O2S/c1-23-6-5-16(21)20-10-14-7-12-3-2-4-15(17(12)22-14)13-8-18-11-19-9-13/h2-4,8-9,11,14H,5-7,10H2,1H3,(H,20,21)/t14-/m1/s1. The highest BCUT2D eigenvalue weighted by molar-refractivity contribution is 7.98. The third-order valence-electron chi connectivity index (χ3n) is 3.76. The molecule has 120 valence electrons. The number of benzene rings is 1. The molecule has 2 heterocycles. The van der Waals surface area contributed by atoms with Crippen molar-refractivity contribution in [1.29, 1.82) is 0 Å². The van der Waals surface area contributed by atoms with Crippen molar-refractivity contribution in [2.75, 3.05) is 18.6 Å². The summed E-state index contributed by atoms with van der Waals surface area (Å²) in [7, 11) is 0. The van der Waals surface area contributed by atoms with Crippen LogP contribution in [0.4, 0.5) is 0 Å². The molecule has 1 aromatic heterocycles. The highest BCUT2D eigenvalue weighted by Gasteiger charge is 2.26. The molecule has 1 atom stereocenters. The first-order chi connectivity index (χ1) is 11.3. The van der Waals surface area contributed by atoms with E-state index in [9.17, 15) is 4.79 Å². The molecule has 5 nitrogen and oxygen atoms in total. The number of amides is 1. The zero-order valence-corrected chi connectivity index (χ0v) is 13.8. The summed E-state index contributed by atoms with van der Waals surface area (Å²) in [6, 6.07) is 6.10. The Morgan fingerprint density at radius 3 is 3.00 bits per heavy atom. The van der Waals surface area contributed by atoms with Gasteiger partial charge in [-0.05, 0) is 11.8 Å². The van der Waals surface area contributed by atoms with Gasteiger partial charge in [0.2, 0.25) is 5.91 Å². The van der Waals surface area contributed by atoms with Crippen molar-refractivity contribution < 1.29 is 9.53 Å². The van der Waals surface area contributed by atoms with Crippen molar-refractivity contribution >= 4 is 17.7 Å². The van der Waals surface area contributed by atoms with Gasteiger partial charge in [-0.2, -0.15) is 11.8 Å². The van der Waals surface area contributed by atoms with E-state index >= 15 is 0 Å². The monoisotopic (exact) mass is 329 g/mol. The molecule has 1 aliphatic heterocycles. The largest absolute Gasteiger partial charge is 0.487 e. The summed E-state index contributed by atoms with van der Waals surface area (Å²) in [5, 5.41) is 2.95. The van der Waals surface area contributed by atoms with Crippen LogP contribution in [0.15, 0.2) is 36.9 Å². The van der Waals surface area contributed by atoms with Crippen molar-refractivity contribution in [2.45, 2.75) is 18.9 Å². The molecule has 23 heavy (non-hydrogen) atoms. The lowest BCUT2D eigenvalue weighted by molar-refractivity contribution is -0.121. The highest BCUT2D eigenvalue weighted by atomic mass is 32.2. The predicted molar refractivity (Wildman–Crippen MR) is 91.6 cm³/mol. The van der Waals surface area contributed by atoms with Crippen LogP contribution in [0.5, 0.6) is 5.75 Å². The molecule has 0 unspecified atom stereocenters. The quantitative estimate of drug-likeness (QED) is 0.881. The van der Waals surface area contributed by atoms with Gasteiger partial charge in [-0.15, -0.1) is 0 Å². The second kappa shape index (κ2) is 7.46. The van der Waals surface area contributed by atoms with Crippen LogP contribution in [0.1, 0.15) is 12.0 Å². The number of rotatable bonds is 6. The molecule has 0 fully saturated rings. The van der Waals surface area contributed by atoms with Crippen molar-refractivity contribution in [1.82, 2.24) is 15.3 Å². The number of carbonyl (C=O) groups excluding carboxylic acids is 1. The Bertz CT molecular complexity index is 679. The van der Waals surface area contributed by atoms with E-state index < -0.39 is 0 Å². The first kappa shape index (κ1) is 15.8. The first-order valence-corrected chi connectivity index (χ1v) is 8.97. The van der Waals surface area contributed by atoms with E-state index in [1.165, 1.54) is 6.33 Å². The van der Waals surface area contributed by atoms with E-state index in [2.05, 4.69) is 21.4 Å². The van der Waals surface area contributed by atoms with Gasteiger partial charge in [-0.3, -0.25) is 4.79 Å². The Morgan fingerprint density at radius 1 is 1.39 bits per heavy atom. The normalized spacial score (nSPS) is 15.8.